The Morgan fingerprint density at radius 3 is 1.91 bits per heavy atom. The van der Waals surface area contributed by atoms with E-state index in [0.717, 1.165) is 0 Å². The molecule has 5 unspecified atom stereocenters. The summed E-state index contributed by atoms with van der Waals surface area (Å²) in [6.45, 7) is -1.07. The molecule has 0 aromatic rings. The molecule has 8 N–H and O–H groups in total. The lowest BCUT2D eigenvalue weighted by atomic mass is 9.81. The van der Waals surface area contributed by atoms with Gasteiger partial charge in [-0.15, -0.1) is 0 Å². The zero-order chi connectivity index (χ0) is 17.3. The molecule has 23 heavy (non-hydrogen) atoms. The van der Waals surface area contributed by atoms with Crippen LogP contribution in [0.3, 0.4) is 0 Å². The van der Waals surface area contributed by atoms with E-state index in [0.29, 0.717) is 0 Å². The summed E-state index contributed by atoms with van der Waals surface area (Å²) in [7, 11) is 0. The standard InChI is InChI=1S/C13H24O10/c14-2-4-1-5(8(17)10(19)7(4)16)22-13-12(21)11(20)9(18)6(3-15)23-13/h4-21H,1-3H2/t4?,5-,6?,7+,8?,9+,10?,11+,12?,13-/m1/s1. The summed E-state index contributed by atoms with van der Waals surface area (Å²) in [4.78, 5) is 0. The Hall–Kier alpha value is -0.400. The van der Waals surface area contributed by atoms with Crippen molar-refractivity contribution in [3.63, 3.8) is 0 Å². The smallest absolute Gasteiger partial charge is 0.187 e. The molecule has 2 rings (SSSR count). The van der Waals surface area contributed by atoms with Gasteiger partial charge in [0.25, 0.3) is 0 Å². The Morgan fingerprint density at radius 2 is 1.35 bits per heavy atom. The predicted molar refractivity (Wildman–Crippen MR) is 71.9 cm³/mol. The molecular formula is C13H24O10. The Balaban J connectivity index is 2.07. The van der Waals surface area contributed by atoms with Gasteiger partial charge in [0.1, 0.15) is 36.6 Å². The number of ether oxygens (including phenoxy) is 2. The average molecular weight is 340 g/mol. The SMILES string of the molecule is OCC1C[C@@H](O[C@@H]2OC(CO)[C@H](O)[C@H](O)C2O)C(O)C(O)[C@H]1O. The van der Waals surface area contributed by atoms with Crippen molar-refractivity contribution in [3.05, 3.63) is 0 Å². The first kappa shape index (κ1) is 18.9. The normalized spacial score (nSPS) is 51.7. The van der Waals surface area contributed by atoms with Crippen molar-refractivity contribution < 1.29 is 50.3 Å². The van der Waals surface area contributed by atoms with Crippen LogP contribution in [0.15, 0.2) is 0 Å². The van der Waals surface area contributed by atoms with E-state index in [1.807, 2.05) is 0 Å². The van der Waals surface area contributed by atoms with Crippen LogP contribution in [0, 0.1) is 5.92 Å². The second-order valence-corrected chi connectivity index (χ2v) is 6.02. The summed E-state index contributed by atoms with van der Waals surface area (Å²) in [5.41, 5.74) is 0. The fourth-order valence-corrected chi connectivity index (χ4v) is 2.95. The second kappa shape index (κ2) is 7.66. The topological polar surface area (TPSA) is 180 Å². The van der Waals surface area contributed by atoms with Crippen LogP contribution in [0.4, 0.5) is 0 Å². The molecule has 1 heterocycles. The summed E-state index contributed by atoms with van der Waals surface area (Å²) < 4.78 is 10.5. The van der Waals surface area contributed by atoms with Crippen molar-refractivity contribution in [2.24, 2.45) is 5.92 Å². The van der Waals surface area contributed by atoms with Crippen LogP contribution < -0.4 is 0 Å². The molecule has 136 valence electrons. The molecule has 1 saturated carbocycles. The molecule has 10 nitrogen and oxygen atoms in total. The molecule has 2 fully saturated rings. The van der Waals surface area contributed by atoms with Crippen LogP contribution in [0.2, 0.25) is 0 Å². The molecule has 1 aliphatic carbocycles. The minimum Gasteiger partial charge on any atom is -0.396 e. The number of hydrogen-bond acceptors (Lipinski definition) is 10. The third kappa shape index (κ3) is 3.66. The minimum absolute atomic E-state index is 0.0229. The number of rotatable bonds is 4. The van der Waals surface area contributed by atoms with Crippen molar-refractivity contribution in [1.82, 2.24) is 0 Å². The molecule has 1 aliphatic heterocycles. The molecule has 0 aromatic carbocycles. The molecule has 0 aromatic heterocycles. The first-order valence-electron chi connectivity index (χ1n) is 7.42. The van der Waals surface area contributed by atoms with E-state index in [2.05, 4.69) is 0 Å². The van der Waals surface area contributed by atoms with E-state index >= 15 is 0 Å². The van der Waals surface area contributed by atoms with E-state index < -0.39 is 74.3 Å². The van der Waals surface area contributed by atoms with Crippen LogP contribution in [0.1, 0.15) is 6.42 Å². The van der Waals surface area contributed by atoms with Gasteiger partial charge in [0, 0.05) is 12.5 Å². The van der Waals surface area contributed by atoms with Crippen molar-refractivity contribution in [3.8, 4) is 0 Å². The molecule has 10 atom stereocenters. The number of aliphatic hydroxyl groups is 8. The zero-order valence-electron chi connectivity index (χ0n) is 12.3. The summed E-state index contributed by atoms with van der Waals surface area (Å²) in [5, 5.41) is 77.1. The van der Waals surface area contributed by atoms with Gasteiger partial charge in [0.15, 0.2) is 6.29 Å². The number of aliphatic hydroxyl groups excluding tert-OH is 8. The Morgan fingerprint density at radius 1 is 0.739 bits per heavy atom. The molecule has 0 amide bonds. The second-order valence-electron chi connectivity index (χ2n) is 6.02. The quantitative estimate of drug-likeness (QED) is 0.247. The largest absolute Gasteiger partial charge is 0.396 e. The maximum absolute atomic E-state index is 9.96. The Bertz CT molecular complexity index is 344. The fourth-order valence-electron chi connectivity index (χ4n) is 2.95. The third-order valence-electron chi connectivity index (χ3n) is 4.49. The van der Waals surface area contributed by atoms with Crippen molar-refractivity contribution in [2.45, 2.75) is 61.5 Å². The van der Waals surface area contributed by atoms with Crippen LogP contribution in [-0.4, -0.2) is 109 Å². The third-order valence-corrected chi connectivity index (χ3v) is 4.49. The highest BCUT2D eigenvalue weighted by Gasteiger charge is 2.48. The predicted octanol–water partition coefficient (Wildman–Crippen LogP) is -4.73. The van der Waals surface area contributed by atoms with Gasteiger partial charge < -0.3 is 50.3 Å². The average Bonchev–Trinajstić information content (AvgIpc) is 2.55. The first-order valence-corrected chi connectivity index (χ1v) is 7.42. The fraction of sp³-hybridized carbons (Fsp3) is 1.00. The highest BCUT2D eigenvalue weighted by Crippen LogP contribution is 2.31. The van der Waals surface area contributed by atoms with Crippen LogP contribution in [0.25, 0.3) is 0 Å². The Kier molecular flexibility index (Phi) is 6.30. The van der Waals surface area contributed by atoms with Crippen LogP contribution in [-0.2, 0) is 9.47 Å². The highest BCUT2D eigenvalue weighted by atomic mass is 16.7. The highest BCUT2D eigenvalue weighted by molar-refractivity contribution is 4.95. The zero-order valence-corrected chi connectivity index (χ0v) is 12.3. The molecule has 1 saturated heterocycles. The van der Waals surface area contributed by atoms with E-state index in [-0.39, 0.29) is 6.42 Å². The van der Waals surface area contributed by atoms with Crippen molar-refractivity contribution in [2.75, 3.05) is 13.2 Å². The summed E-state index contributed by atoms with van der Waals surface area (Å²) >= 11 is 0. The number of hydrogen-bond donors (Lipinski definition) is 8. The molecule has 2 aliphatic rings. The van der Waals surface area contributed by atoms with Crippen molar-refractivity contribution in [1.29, 1.82) is 0 Å². The van der Waals surface area contributed by atoms with Gasteiger partial charge in [-0.2, -0.15) is 0 Å². The molecular weight excluding hydrogens is 316 g/mol. The van der Waals surface area contributed by atoms with Gasteiger partial charge in [-0.25, -0.2) is 0 Å². The van der Waals surface area contributed by atoms with Crippen molar-refractivity contribution >= 4 is 0 Å². The lowest BCUT2D eigenvalue weighted by molar-refractivity contribution is -0.326. The van der Waals surface area contributed by atoms with Gasteiger partial charge >= 0.3 is 0 Å². The van der Waals surface area contributed by atoms with E-state index in [1.54, 1.807) is 0 Å². The van der Waals surface area contributed by atoms with Gasteiger partial charge in [-0.3, -0.25) is 0 Å². The van der Waals surface area contributed by atoms with Crippen LogP contribution >= 0.6 is 0 Å². The summed E-state index contributed by atoms with van der Waals surface area (Å²) in [6, 6.07) is 0. The summed E-state index contributed by atoms with van der Waals surface area (Å²) in [5.74, 6) is -0.747. The maximum Gasteiger partial charge on any atom is 0.187 e. The first-order chi connectivity index (χ1) is 10.8. The van der Waals surface area contributed by atoms with Gasteiger partial charge in [-0.05, 0) is 6.42 Å². The van der Waals surface area contributed by atoms with E-state index in [1.165, 1.54) is 0 Å². The molecule has 10 heteroatoms. The van der Waals surface area contributed by atoms with Crippen LogP contribution in [0.5, 0.6) is 0 Å². The summed E-state index contributed by atoms with van der Waals surface area (Å²) in [6.07, 6.45) is -12.9. The lowest BCUT2D eigenvalue weighted by Crippen LogP contribution is -2.62. The monoisotopic (exact) mass is 340 g/mol. The molecule has 0 spiro atoms. The lowest BCUT2D eigenvalue weighted by Gasteiger charge is -2.44. The van der Waals surface area contributed by atoms with Gasteiger partial charge in [-0.1, -0.05) is 0 Å². The minimum atomic E-state index is -1.64. The molecule has 0 radical (unpaired) electrons. The Labute approximate surface area is 132 Å². The molecule has 0 bridgehead atoms. The van der Waals surface area contributed by atoms with Gasteiger partial charge in [0.05, 0.1) is 18.8 Å². The van der Waals surface area contributed by atoms with E-state index in [9.17, 15) is 35.7 Å². The van der Waals surface area contributed by atoms with Gasteiger partial charge in [0.2, 0.25) is 0 Å². The van der Waals surface area contributed by atoms with E-state index in [4.69, 9.17) is 14.6 Å². The maximum atomic E-state index is 9.96.